The number of hydrogen-bond acceptors (Lipinski definition) is 2. The van der Waals surface area contributed by atoms with Gasteiger partial charge in [-0.15, -0.1) is 0 Å². The van der Waals surface area contributed by atoms with Gasteiger partial charge in [-0.3, -0.25) is 9.97 Å². The lowest BCUT2D eigenvalue weighted by atomic mass is 9.91. The molecular weight excluding hydrogens is 460 g/mol. The number of benzene rings is 6. The lowest BCUT2D eigenvalue weighted by Crippen LogP contribution is -1.97. The smallest absolute Gasteiger partial charge is 0.0725 e. The molecule has 38 heavy (non-hydrogen) atoms. The number of aromatic nitrogens is 2. The molecular formula is C36H24N2. The van der Waals surface area contributed by atoms with Gasteiger partial charge in [0, 0.05) is 32.9 Å². The van der Waals surface area contributed by atoms with Crippen molar-refractivity contribution in [3.8, 4) is 22.3 Å². The van der Waals surface area contributed by atoms with E-state index >= 15 is 0 Å². The summed E-state index contributed by atoms with van der Waals surface area (Å²) < 4.78 is 0. The standard InChI is InChI=1S/C36H24N2/c1-21-31-17-29(27-13-11-23-7-3-5-9-25(23)15-27)20-34-35(31)36-32(22(2)38-34)18-30(19-33(36)37-21)28-14-12-24-8-4-6-10-26(24)16-28/h3-20H,1-2H3. The van der Waals surface area contributed by atoms with Crippen molar-refractivity contribution in [1.29, 1.82) is 0 Å². The minimum absolute atomic E-state index is 1.03. The van der Waals surface area contributed by atoms with Crippen molar-refractivity contribution in [2.45, 2.75) is 13.8 Å². The Bertz CT molecular complexity index is 2050. The average Bonchev–Trinajstić information content (AvgIpc) is 2.95. The van der Waals surface area contributed by atoms with Crippen LogP contribution < -0.4 is 0 Å². The van der Waals surface area contributed by atoms with Crippen molar-refractivity contribution in [3.05, 3.63) is 121 Å². The first-order valence-corrected chi connectivity index (χ1v) is 13.1. The number of pyridine rings is 2. The van der Waals surface area contributed by atoms with Gasteiger partial charge in [-0.05, 0) is 94.0 Å². The van der Waals surface area contributed by atoms with Gasteiger partial charge in [-0.1, -0.05) is 72.8 Å². The number of rotatable bonds is 2. The highest BCUT2D eigenvalue weighted by atomic mass is 14.7. The molecule has 8 rings (SSSR count). The molecule has 8 aromatic rings. The van der Waals surface area contributed by atoms with Crippen LogP contribution in [0.3, 0.4) is 0 Å². The Kier molecular flexibility index (Phi) is 4.39. The molecule has 0 aliphatic carbocycles. The van der Waals surface area contributed by atoms with E-state index in [1.54, 1.807) is 0 Å². The van der Waals surface area contributed by atoms with E-state index in [9.17, 15) is 0 Å². The maximum Gasteiger partial charge on any atom is 0.0725 e. The van der Waals surface area contributed by atoms with Crippen LogP contribution in [0, 0.1) is 13.8 Å². The molecule has 2 heteroatoms. The Labute approximate surface area is 220 Å². The second kappa shape index (κ2) is 7.84. The van der Waals surface area contributed by atoms with Crippen molar-refractivity contribution in [1.82, 2.24) is 9.97 Å². The molecule has 2 aromatic heterocycles. The van der Waals surface area contributed by atoms with E-state index in [1.165, 1.54) is 65.3 Å². The van der Waals surface area contributed by atoms with Crippen LogP contribution in [0.15, 0.2) is 109 Å². The molecule has 0 unspecified atom stereocenters. The lowest BCUT2D eigenvalue weighted by Gasteiger charge is -2.17. The fourth-order valence-corrected chi connectivity index (χ4v) is 6.08. The van der Waals surface area contributed by atoms with Crippen LogP contribution in [-0.4, -0.2) is 9.97 Å². The maximum atomic E-state index is 5.15. The summed E-state index contributed by atoms with van der Waals surface area (Å²) >= 11 is 0. The van der Waals surface area contributed by atoms with Gasteiger partial charge in [0.25, 0.3) is 0 Å². The van der Waals surface area contributed by atoms with Crippen molar-refractivity contribution in [3.63, 3.8) is 0 Å². The van der Waals surface area contributed by atoms with Crippen LogP contribution in [-0.2, 0) is 0 Å². The summed E-state index contributed by atoms with van der Waals surface area (Å²) in [6, 6.07) is 39.5. The van der Waals surface area contributed by atoms with E-state index in [0.29, 0.717) is 0 Å². The number of aryl methyl sites for hydroxylation is 2. The number of hydrogen-bond donors (Lipinski definition) is 0. The molecule has 0 aliphatic heterocycles. The molecule has 0 bridgehead atoms. The summed E-state index contributed by atoms with van der Waals surface area (Å²) in [5.74, 6) is 0. The Balaban J connectivity index is 1.38. The zero-order valence-electron chi connectivity index (χ0n) is 21.3. The Morgan fingerprint density at radius 2 is 0.816 bits per heavy atom. The largest absolute Gasteiger partial charge is 0.252 e. The first-order valence-electron chi connectivity index (χ1n) is 13.1. The van der Waals surface area contributed by atoms with Gasteiger partial charge in [0.1, 0.15) is 0 Å². The third kappa shape index (κ3) is 3.13. The fourth-order valence-electron chi connectivity index (χ4n) is 6.08. The van der Waals surface area contributed by atoms with E-state index in [0.717, 1.165) is 22.4 Å². The first kappa shape index (κ1) is 21.3. The fraction of sp³-hybridized carbons (Fsp3) is 0.0556. The van der Waals surface area contributed by atoms with E-state index in [2.05, 4.69) is 123 Å². The molecule has 2 nitrogen and oxygen atoms in total. The molecule has 0 aliphatic rings. The third-order valence-electron chi connectivity index (χ3n) is 8.01. The van der Waals surface area contributed by atoms with E-state index < -0.39 is 0 Å². The van der Waals surface area contributed by atoms with Crippen LogP contribution in [0.4, 0.5) is 0 Å². The van der Waals surface area contributed by atoms with Crippen LogP contribution in [0.25, 0.3) is 76.4 Å². The second-order valence-corrected chi connectivity index (χ2v) is 10.4. The molecule has 0 N–H and O–H groups in total. The monoisotopic (exact) mass is 484 g/mol. The second-order valence-electron chi connectivity index (χ2n) is 10.4. The molecule has 0 amide bonds. The molecule has 0 spiro atoms. The quantitative estimate of drug-likeness (QED) is 0.228. The van der Waals surface area contributed by atoms with Gasteiger partial charge in [-0.2, -0.15) is 0 Å². The molecule has 0 saturated heterocycles. The summed E-state index contributed by atoms with van der Waals surface area (Å²) in [5, 5.41) is 9.77. The Hall–Kier alpha value is -4.82. The Morgan fingerprint density at radius 1 is 0.395 bits per heavy atom. The van der Waals surface area contributed by atoms with Gasteiger partial charge >= 0.3 is 0 Å². The van der Waals surface area contributed by atoms with Crippen LogP contribution in [0.2, 0.25) is 0 Å². The molecule has 178 valence electrons. The summed E-state index contributed by atoms with van der Waals surface area (Å²) in [6.07, 6.45) is 0. The highest BCUT2D eigenvalue weighted by Crippen LogP contribution is 2.40. The van der Waals surface area contributed by atoms with Gasteiger partial charge < -0.3 is 0 Å². The summed E-state index contributed by atoms with van der Waals surface area (Å²) in [7, 11) is 0. The molecule has 6 aromatic carbocycles. The van der Waals surface area contributed by atoms with Gasteiger partial charge in [0.15, 0.2) is 0 Å². The molecule has 2 heterocycles. The molecule has 0 saturated carbocycles. The molecule has 0 atom stereocenters. The molecule has 0 fully saturated rings. The Morgan fingerprint density at radius 3 is 1.26 bits per heavy atom. The minimum Gasteiger partial charge on any atom is -0.252 e. The first-order chi connectivity index (χ1) is 18.6. The predicted octanol–water partition coefficient (Wildman–Crippen LogP) is 9.63. The summed E-state index contributed by atoms with van der Waals surface area (Å²) in [4.78, 5) is 10.3. The van der Waals surface area contributed by atoms with Crippen LogP contribution >= 0.6 is 0 Å². The van der Waals surface area contributed by atoms with Crippen molar-refractivity contribution in [2.75, 3.05) is 0 Å². The average molecular weight is 485 g/mol. The zero-order valence-corrected chi connectivity index (χ0v) is 21.3. The molecule has 0 radical (unpaired) electrons. The van der Waals surface area contributed by atoms with Crippen molar-refractivity contribution >= 4 is 54.1 Å². The summed E-state index contributed by atoms with van der Waals surface area (Å²) in [6.45, 7) is 4.24. The van der Waals surface area contributed by atoms with Crippen LogP contribution in [0.1, 0.15) is 11.4 Å². The predicted molar refractivity (Wildman–Crippen MR) is 161 cm³/mol. The lowest BCUT2D eigenvalue weighted by molar-refractivity contribution is 1.26. The highest BCUT2D eigenvalue weighted by molar-refractivity contribution is 6.23. The topological polar surface area (TPSA) is 25.8 Å². The van der Waals surface area contributed by atoms with E-state index in [1.807, 2.05) is 0 Å². The van der Waals surface area contributed by atoms with Crippen LogP contribution in [0.5, 0.6) is 0 Å². The zero-order chi connectivity index (χ0) is 25.4. The van der Waals surface area contributed by atoms with E-state index in [-0.39, 0.29) is 0 Å². The van der Waals surface area contributed by atoms with Crippen molar-refractivity contribution < 1.29 is 0 Å². The number of nitrogens with zero attached hydrogens (tertiary/aromatic N) is 2. The van der Waals surface area contributed by atoms with Gasteiger partial charge in [-0.25, -0.2) is 0 Å². The highest BCUT2D eigenvalue weighted by Gasteiger charge is 2.18. The van der Waals surface area contributed by atoms with E-state index in [4.69, 9.17) is 9.97 Å². The summed E-state index contributed by atoms with van der Waals surface area (Å²) in [5.41, 5.74) is 8.89. The number of fused-ring (bicyclic) bond motifs is 2. The third-order valence-corrected chi connectivity index (χ3v) is 8.01. The van der Waals surface area contributed by atoms with Crippen molar-refractivity contribution in [2.24, 2.45) is 0 Å². The van der Waals surface area contributed by atoms with Gasteiger partial charge in [0.2, 0.25) is 0 Å². The SMILES string of the molecule is Cc1nc2cc(-c3ccc4ccccc4c3)cc3c(C)nc4cc(-c5ccc6ccccc6c5)cc1c4c23. The van der Waals surface area contributed by atoms with Gasteiger partial charge in [0.05, 0.1) is 11.0 Å². The maximum absolute atomic E-state index is 5.15. The minimum atomic E-state index is 1.03. The normalized spacial score (nSPS) is 11.9.